The van der Waals surface area contributed by atoms with Gasteiger partial charge in [-0.05, 0) is 37.8 Å². The Morgan fingerprint density at radius 3 is 1.80 bits per heavy atom. The number of amides is 2. The molecule has 1 fully saturated rings. The third-order valence-electron chi connectivity index (χ3n) is 10.6. The molecule has 2 amide bonds. The Morgan fingerprint density at radius 2 is 1.29 bits per heavy atom. The van der Waals surface area contributed by atoms with E-state index in [1.54, 1.807) is 25.1 Å². The number of benzene rings is 2. The summed E-state index contributed by atoms with van der Waals surface area (Å²) in [6, 6.07) is 10.7. The zero-order valence-electron chi connectivity index (χ0n) is 29.5. The van der Waals surface area contributed by atoms with Crippen LogP contribution >= 0.6 is 23.2 Å². The van der Waals surface area contributed by atoms with E-state index < -0.39 is 6.10 Å². The van der Waals surface area contributed by atoms with Gasteiger partial charge in [-0.25, -0.2) is 9.97 Å². The summed E-state index contributed by atoms with van der Waals surface area (Å²) in [6.07, 6.45) is 7.79. The molecule has 2 aromatic carbocycles. The van der Waals surface area contributed by atoms with Crippen molar-refractivity contribution in [3.05, 3.63) is 80.9 Å². The Morgan fingerprint density at radius 1 is 0.804 bits per heavy atom. The third kappa shape index (κ3) is 7.45. The maximum absolute atomic E-state index is 13.6. The van der Waals surface area contributed by atoms with E-state index in [1.807, 2.05) is 41.4 Å². The van der Waals surface area contributed by atoms with Crippen LogP contribution in [-0.2, 0) is 40.0 Å². The molecular weight excluding hydrogens is 687 g/mol. The molecule has 4 aromatic rings. The normalized spacial score (nSPS) is 17.5. The molecule has 4 heterocycles. The molecule has 3 N–H and O–H groups in total. The molecule has 51 heavy (non-hydrogen) atoms. The van der Waals surface area contributed by atoms with Crippen molar-refractivity contribution in [3.8, 4) is 11.1 Å². The topological polar surface area (TPSA) is 121 Å². The van der Waals surface area contributed by atoms with Gasteiger partial charge in [0.1, 0.15) is 0 Å². The van der Waals surface area contributed by atoms with Gasteiger partial charge in [0.15, 0.2) is 11.6 Å². The first-order valence-corrected chi connectivity index (χ1v) is 18.7. The summed E-state index contributed by atoms with van der Waals surface area (Å²) in [5.74, 6) is 0.692. The first-order chi connectivity index (χ1) is 24.6. The predicted molar refractivity (Wildman–Crippen MR) is 200 cm³/mol. The molecular formula is C38H46Cl2N8O3. The molecule has 7 rings (SSSR count). The number of nitrogens with zero attached hydrogens (tertiary/aromatic N) is 6. The van der Waals surface area contributed by atoms with Crippen LogP contribution in [0.1, 0.15) is 83.0 Å². The highest BCUT2D eigenvalue weighted by molar-refractivity contribution is 6.40. The van der Waals surface area contributed by atoms with Crippen molar-refractivity contribution in [2.75, 3.05) is 36.8 Å². The summed E-state index contributed by atoms with van der Waals surface area (Å²) in [5.41, 5.74) is 5.99. The second kappa shape index (κ2) is 15.1. The largest absolute Gasteiger partial charge is 0.392 e. The number of carbonyl (C=O) groups is 2. The van der Waals surface area contributed by atoms with Gasteiger partial charge < -0.3 is 24.9 Å². The number of carbonyl (C=O) groups excluding carboxylic acids is 2. The average Bonchev–Trinajstić information content (AvgIpc) is 3.62. The number of anilines is 2. The van der Waals surface area contributed by atoms with Gasteiger partial charge in [-0.2, -0.15) is 0 Å². The molecule has 3 aliphatic rings. The molecule has 0 unspecified atom stereocenters. The number of nitrogens with one attached hydrogen (secondary N) is 2. The Labute approximate surface area is 309 Å². The maximum Gasteiger partial charge on any atom is 0.291 e. The number of aliphatic hydroxyl groups is 1. The Kier molecular flexibility index (Phi) is 10.5. The molecule has 0 radical (unpaired) electrons. The number of hydrogen-bond acceptors (Lipinski definition) is 7. The number of fused-ring (bicyclic) bond motifs is 2. The summed E-state index contributed by atoms with van der Waals surface area (Å²) >= 11 is 13.9. The second-order valence-electron chi connectivity index (χ2n) is 14.3. The molecule has 0 spiro atoms. The number of aliphatic hydroxyl groups excluding tert-OH is 1. The fourth-order valence-electron chi connectivity index (χ4n) is 8.02. The Balaban J connectivity index is 1.06. The van der Waals surface area contributed by atoms with Crippen molar-refractivity contribution in [1.29, 1.82) is 0 Å². The van der Waals surface area contributed by atoms with Gasteiger partial charge in [0.25, 0.3) is 11.8 Å². The summed E-state index contributed by atoms with van der Waals surface area (Å²) in [6.45, 7) is 6.52. The number of rotatable bonds is 9. The van der Waals surface area contributed by atoms with E-state index in [9.17, 15) is 14.7 Å². The van der Waals surface area contributed by atoms with Crippen molar-refractivity contribution in [2.24, 2.45) is 20.0 Å². The van der Waals surface area contributed by atoms with Gasteiger partial charge in [-0.1, -0.05) is 66.7 Å². The van der Waals surface area contributed by atoms with Crippen LogP contribution in [0.4, 0.5) is 11.4 Å². The molecule has 1 aliphatic carbocycles. The van der Waals surface area contributed by atoms with Crippen LogP contribution in [0.5, 0.6) is 0 Å². The number of aromatic nitrogens is 4. The molecule has 270 valence electrons. The lowest BCUT2D eigenvalue weighted by Gasteiger charge is -2.32. The Bertz CT molecular complexity index is 1950. The molecule has 1 saturated carbocycles. The summed E-state index contributed by atoms with van der Waals surface area (Å²) < 4.78 is 3.74. The molecule has 2 aliphatic heterocycles. The van der Waals surface area contributed by atoms with Gasteiger partial charge in [0, 0.05) is 88.7 Å². The minimum absolute atomic E-state index is 0.288. The van der Waals surface area contributed by atoms with Crippen molar-refractivity contribution in [2.45, 2.75) is 71.1 Å². The van der Waals surface area contributed by atoms with Gasteiger partial charge in [-0.3, -0.25) is 19.4 Å². The van der Waals surface area contributed by atoms with E-state index in [4.69, 9.17) is 28.2 Å². The summed E-state index contributed by atoms with van der Waals surface area (Å²) in [4.78, 5) is 41.2. The Hall–Kier alpha value is -3.74. The predicted octanol–water partition coefficient (Wildman–Crippen LogP) is 6.31. The van der Waals surface area contributed by atoms with Crippen molar-refractivity contribution in [3.63, 3.8) is 0 Å². The summed E-state index contributed by atoms with van der Waals surface area (Å²) in [5, 5.41) is 16.4. The first-order valence-electron chi connectivity index (χ1n) is 18.0. The van der Waals surface area contributed by atoms with Crippen LogP contribution in [0.2, 0.25) is 10.0 Å². The van der Waals surface area contributed by atoms with Crippen LogP contribution in [0.15, 0.2) is 36.4 Å². The lowest BCUT2D eigenvalue weighted by molar-refractivity contribution is 0.100. The smallest absolute Gasteiger partial charge is 0.291 e. The van der Waals surface area contributed by atoms with Gasteiger partial charge in [-0.15, -0.1) is 0 Å². The monoisotopic (exact) mass is 732 g/mol. The summed E-state index contributed by atoms with van der Waals surface area (Å²) in [7, 11) is 3.75. The van der Waals surface area contributed by atoms with Crippen LogP contribution in [0, 0.1) is 5.92 Å². The van der Waals surface area contributed by atoms with Crippen molar-refractivity contribution >= 4 is 46.4 Å². The maximum atomic E-state index is 13.6. The highest BCUT2D eigenvalue weighted by Gasteiger charge is 2.29. The minimum atomic E-state index is -0.439. The van der Waals surface area contributed by atoms with Crippen molar-refractivity contribution in [1.82, 2.24) is 28.9 Å². The first kappa shape index (κ1) is 35.7. The number of halogens is 2. The van der Waals surface area contributed by atoms with E-state index in [1.165, 1.54) is 32.1 Å². The SMILES string of the molecule is C[C@H](O)CN1CCc2c(nc(C(=O)Nc3cccc(-c4cccc(NC(=O)c5nc6c(n5C)CCN(CC5CCCCC5)C6)c4Cl)c3Cl)n2C)C1. The van der Waals surface area contributed by atoms with Gasteiger partial charge in [0.2, 0.25) is 0 Å². The molecule has 11 nitrogen and oxygen atoms in total. The highest BCUT2D eigenvalue weighted by Crippen LogP contribution is 2.40. The minimum Gasteiger partial charge on any atom is -0.392 e. The number of hydrogen-bond donors (Lipinski definition) is 3. The van der Waals surface area contributed by atoms with E-state index >= 15 is 0 Å². The lowest BCUT2D eigenvalue weighted by Crippen LogP contribution is -2.36. The molecule has 2 aromatic heterocycles. The average molecular weight is 734 g/mol. The van der Waals surface area contributed by atoms with Crippen LogP contribution < -0.4 is 10.6 Å². The van der Waals surface area contributed by atoms with Crippen LogP contribution in [0.3, 0.4) is 0 Å². The molecule has 13 heteroatoms. The van der Waals surface area contributed by atoms with E-state index in [2.05, 4.69) is 25.4 Å². The molecule has 0 saturated heterocycles. The lowest BCUT2D eigenvalue weighted by atomic mass is 9.88. The zero-order chi connectivity index (χ0) is 35.8. The highest BCUT2D eigenvalue weighted by atomic mass is 35.5. The zero-order valence-corrected chi connectivity index (χ0v) is 31.0. The van der Waals surface area contributed by atoms with Crippen LogP contribution in [-0.4, -0.2) is 78.1 Å². The second-order valence-corrected chi connectivity index (χ2v) is 15.1. The fraction of sp³-hybridized carbons (Fsp3) is 0.474. The third-order valence-corrected chi connectivity index (χ3v) is 11.4. The number of β-amino-alcohol motifs (C(OH)–C–C–N with tert-alkyl or cyclic N) is 1. The molecule has 1 atom stereocenters. The number of imidazole rings is 2. The van der Waals surface area contributed by atoms with E-state index in [0.717, 1.165) is 67.7 Å². The fourth-order valence-corrected chi connectivity index (χ4v) is 8.57. The van der Waals surface area contributed by atoms with Crippen LogP contribution in [0.25, 0.3) is 11.1 Å². The quantitative estimate of drug-likeness (QED) is 0.185. The standard InChI is InChI=1S/C38H46Cl2N8O3/c1-23(49)19-47-17-15-31-29(21-47)41-35(45(31)2)37(50)43-27-13-7-11-25(33(27)39)26-12-8-14-28(34(26)40)44-38(51)36-42-30-22-48(18-16-32(30)46(36)3)20-24-9-5-4-6-10-24/h7-8,11-14,23-24,49H,4-6,9-10,15-22H2,1-3H3,(H,43,50)(H,44,51)/t23-/m0/s1. The van der Waals surface area contributed by atoms with E-state index in [0.29, 0.717) is 51.5 Å². The van der Waals surface area contributed by atoms with E-state index in [-0.39, 0.29) is 17.6 Å². The van der Waals surface area contributed by atoms with Gasteiger partial charge >= 0.3 is 0 Å². The van der Waals surface area contributed by atoms with Crippen molar-refractivity contribution < 1.29 is 14.7 Å². The van der Waals surface area contributed by atoms with Gasteiger partial charge in [0.05, 0.1) is 38.9 Å². The molecule has 0 bridgehead atoms.